The van der Waals surface area contributed by atoms with Gasteiger partial charge in [-0.15, -0.1) is 0 Å². The first-order valence-corrected chi connectivity index (χ1v) is 9.90. The van der Waals surface area contributed by atoms with Gasteiger partial charge in [-0.2, -0.15) is 0 Å². The van der Waals surface area contributed by atoms with E-state index in [1.54, 1.807) is 6.07 Å². The van der Waals surface area contributed by atoms with Crippen molar-refractivity contribution in [3.05, 3.63) is 33.0 Å². The topological polar surface area (TPSA) is 9.23 Å². The van der Waals surface area contributed by atoms with E-state index in [1.165, 1.54) is 6.07 Å². The Labute approximate surface area is 123 Å². The van der Waals surface area contributed by atoms with Crippen LogP contribution in [0.4, 0.5) is 4.39 Å². The van der Waals surface area contributed by atoms with Gasteiger partial charge < -0.3 is 4.43 Å². The summed E-state index contributed by atoms with van der Waals surface area (Å²) in [5.41, 5.74) is 0.696. The molecule has 0 aromatic heterocycles. The summed E-state index contributed by atoms with van der Waals surface area (Å²) < 4.78 is 19.9. The van der Waals surface area contributed by atoms with Gasteiger partial charge in [0.05, 0.1) is 11.1 Å². The van der Waals surface area contributed by atoms with E-state index in [1.807, 2.05) is 0 Å². The summed E-state index contributed by atoms with van der Waals surface area (Å²) in [6, 6.07) is 3.00. The molecule has 0 atom stereocenters. The summed E-state index contributed by atoms with van der Waals surface area (Å²) >= 11 is 9.19. The summed E-state index contributed by atoms with van der Waals surface area (Å²) in [7, 11) is -1.83. The second-order valence-electron chi connectivity index (χ2n) is 5.91. The molecule has 0 radical (unpaired) electrons. The van der Waals surface area contributed by atoms with E-state index in [-0.39, 0.29) is 10.9 Å². The molecule has 0 N–H and O–H groups in total. The molecule has 1 aromatic rings. The fourth-order valence-corrected chi connectivity index (χ4v) is 2.79. The zero-order chi connectivity index (χ0) is 14.1. The first-order chi connectivity index (χ1) is 8.04. The Morgan fingerprint density at radius 2 is 1.89 bits per heavy atom. The van der Waals surface area contributed by atoms with Gasteiger partial charge >= 0.3 is 0 Å². The number of halogens is 3. The van der Waals surface area contributed by atoms with E-state index in [9.17, 15) is 4.39 Å². The zero-order valence-electron chi connectivity index (χ0n) is 11.4. The first-order valence-electron chi connectivity index (χ1n) is 5.82. The standard InChI is InChI=1S/C13H19BrClFOSi/c1-13(2,3)18(4,5)17-8-9-6-12(16)10(14)7-11(9)15/h6-7H,8H2,1-5H3. The van der Waals surface area contributed by atoms with Gasteiger partial charge in [0.1, 0.15) is 5.82 Å². The van der Waals surface area contributed by atoms with Crippen molar-refractivity contribution in [2.75, 3.05) is 0 Å². The van der Waals surface area contributed by atoms with Gasteiger partial charge in [0.15, 0.2) is 8.32 Å². The van der Waals surface area contributed by atoms with E-state index in [2.05, 4.69) is 49.8 Å². The molecule has 0 bridgehead atoms. The van der Waals surface area contributed by atoms with Gasteiger partial charge in [0.2, 0.25) is 0 Å². The van der Waals surface area contributed by atoms with Crippen molar-refractivity contribution in [1.82, 2.24) is 0 Å². The van der Waals surface area contributed by atoms with E-state index in [4.69, 9.17) is 16.0 Å². The molecule has 1 rings (SSSR count). The zero-order valence-corrected chi connectivity index (χ0v) is 14.7. The molecule has 1 nitrogen and oxygen atoms in total. The lowest BCUT2D eigenvalue weighted by molar-refractivity contribution is 0.276. The minimum absolute atomic E-state index is 0.132. The Bertz CT molecular complexity index is 443. The maximum atomic E-state index is 13.5. The number of hydrogen-bond acceptors (Lipinski definition) is 1. The normalized spacial score (nSPS) is 12.9. The molecule has 0 fully saturated rings. The third-order valence-corrected chi connectivity index (χ3v) is 8.92. The van der Waals surface area contributed by atoms with Gasteiger partial charge in [0, 0.05) is 5.02 Å². The highest BCUT2D eigenvalue weighted by atomic mass is 79.9. The van der Waals surface area contributed by atoms with Crippen molar-refractivity contribution in [2.24, 2.45) is 0 Å². The van der Waals surface area contributed by atoms with Gasteiger partial charge in [-0.05, 0) is 51.8 Å². The smallest absolute Gasteiger partial charge is 0.192 e. The summed E-state index contributed by atoms with van der Waals surface area (Å²) in [6.07, 6.45) is 0. The van der Waals surface area contributed by atoms with Crippen molar-refractivity contribution < 1.29 is 8.82 Å². The molecule has 0 amide bonds. The summed E-state index contributed by atoms with van der Waals surface area (Å²) in [5, 5.41) is 0.662. The van der Waals surface area contributed by atoms with Crippen LogP contribution in [0.1, 0.15) is 26.3 Å². The van der Waals surface area contributed by atoms with Crippen molar-refractivity contribution >= 4 is 35.8 Å². The summed E-state index contributed by atoms with van der Waals surface area (Å²) in [4.78, 5) is 0. The molecule has 0 unspecified atom stereocenters. The highest BCUT2D eigenvalue weighted by Gasteiger charge is 2.37. The third-order valence-electron chi connectivity index (χ3n) is 3.48. The Morgan fingerprint density at radius 3 is 2.39 bits per heavy atom. The van der Waals surface area contributed by atoms with E-state index < -0.39 is 8.32 Å². The van der Waals surface area contributed by atoms with Crippen LogP contribution in [0.3, 0.4) is 0 Å². The molecule has 0 saturated heterocycles. The van der Waals surface area contributed by atoms with Crippen LogP contribution in [-0.2, 0) is 11.0 Å². The molecule has 18 heavy (non-hydrogen) atoms. The molecule has 0 aliphatic carbocycles. The van der Waals surface area contributed by atoms with Crippen molar-refractivity contribution in [2.45, 2.75) is 45.5 Å². The highest BCUT2D eigenvalue weighted by Crippen LogP contribution is 2.37. The lowest BCUT2D eigenvalue weighted by Crippen LogP contribution is -2.40. The number of rotatable bonds is 3. The lowest BCUT2D eigenvalue weighted by Gasteiger charge is -2.36. The molecule has 5 heteroatoms. The van der Waals surface area contributed by atoms with Crippen molar-refractivity contribution in [3.8, 4) is 0 Å². The fourth-order valence-electron chi connectivity index (χ4n) is 1.15. The molecule has 1 aromatic carbocycles. The van der Waals surface area contributed by atoms with Crippen LogP contribution in [0.5, 0.6) is 0 Å². The second-order valence-corrected chi connectivity index (χ2v) is 12.0. The Morgan fingerprint density at radius 1 is 1.33 bits per heavy atom. The van der Waals surface area contributed by atoms with Crippen molar-refractivity contribution in [1.29, 1.82) is 0 Å². The molecule has 0 saturated carbocycles. The van der Waals surface area contributed by atoms with Crippen LogP contribution in [0, 0.1) is 5.82 Å². The first kappa shape index (κ1) is 16.2. The van der Waals surface area contributed by atoms with E-state index in [0.29, 0.717) is 21.7 Å². The average molecular weight is 354 g/mol. The van der Waals surface area contributed by atoms with Crippen LogP contribution in [0.25, 0.3) is 0 Å². The Kier molecular flexibility index (Phi) is 5.04. The molecule has 0 aliphatic rings. The number of benzene rings is 1. The van der Waals surface area contributed by atoms with Gasteiger partial charge in [-0.1, -0.05) is 32.4 Å². The van der Waals surface area contributed by atoms with Crippen LogP contribution in [0.15, 0.2) is 16.6 Å². The molecule has 0 spiro atoms. The highest BCUT2D eigenvalue weighted by molar-refractivity contribution is 9.10. The maximum absolute atomic E-state index is 13.5. The molecular formula is C13H19BrClFOSi. The van der Waals surface area contributed by atoms with Crippen LogP contribution in [-0.4, -0.2) is 8.32 Å². The SMILES string of the molecule is CC(C)(C)[Si](C)(C)OCc1cc(F)c(Br)cc1Cl. The second kappa shape index (κ2) is 5.61. The lowest BCUT2D eigenvalue weighted by atomic mass is 10.2. The van der Waals surface area contributed by atoms with Crippen LogP contribution in [0.2, 0.25) is 23.2 Å². The minimum Gasteiger partial charge on any atom is -0.413 e. The average Bonchev–Trinajstić information content (AvgIpc) is 2.20. The molecule has 102 valence electrons. The predicted molar refractivity (Wildman–Crippen MR) is 81.1 cm³/mol. The van der Waals surface area contributed by atoms with Crippen LogP contribution < -0.4 is 0 Å². The quantitative estimate of drug-likeness (QED) is 0.495. The number of hydrogen-bond donors (Lipinski definition) is 0. The summed E-state index contributed by atoms with van der Waals surface area (Å²) in [5.74, 6) is -0.312. The van der Waals surface area contributed by atoms with Crippen molar-refractivity contribution in [3.63, 3.8) is 0 Å². The Balaban J connectivity index is 2.85. The van der Waals surface area contributed by atoms with Gasteiger partial charge in [0.25, 0.3) is 0 Å². The van der Waals surface area contributed by atoms with E-state index >= 15 is 0 Å². The maximum Gasteiger partial charge on any atom is 0.192 e. The van der Waals surface area contributed by atoms with Gasteiger partial charge in [-0.25, -0.2) is 4.39 Å². The minimum atomic E-state index is -1.83. The third kappa shape index (κ3) is 3.79. The monoisotopic (exact) mass is 352 g/mol. The van der Waals surface area contributed by atoms with E-state index in [0.717, 1.165) is 0 Å². The fraction of sp³-hybridized carbons (Fsp3) is 0.538. The largest absolute Gasteiger partial charge is 0.413 e. The molecule has 0 heterocycles. The predicted octanol–water partition coefficient (Wildman–Crippen LogP) is 5.76. The van der Waals surface area contributed by atoms with Crippen LogP contribution >= 0.6 is 27.5 Å². The van der Waals surface area contributed by atoms with Gasteiger partial charge in [-0.3, -0.25) is 0 Å². The Hall–Kier alpha value is 0.0969. The summed E-state index contributed by atoms with van der Waals surface area (Å²) in [6.45, 7) is 11.2. The molecular weight excluding hydrogens is 335 g/mol. The molecule has 0 aliphatic heterocycles.